The van der Waals surface area contributed by atoms with E-state index in [1.165, 1.54) is 16.2 Å². The second-order valence-electron chi connectivity index (χ2n) is 3.73. The zero-order valence-electron chi connectivity index (χ0n) is 9.76. The summed E-state index contributed by atoms with van der Waals surface area (Å²) >= 11 is 7.58. The molecule has 2 heterocycles. The summed E-state index contributed by atoms with van der Waals surface area (Å²) < 4.78 is 5.18. The molecule has 0 fully saturated rings. The van der Waals surface area contributed by atoms with Gasteiger partial charge in [-0.3, -0.25) is 0 Å². The van der Waals surface area contributed by atoms with Crippen LogP contribution in [0.1, 0.15) is 11.8 Å². The third-order valence-electron chi connectivity index (χ3n) is 2.34. The number of hydrogen-bond donors (Lipinski definition) is 2. The highest BCUT2D eigenvalue weighted by atomic mass is 35.5. The van der Waals surface area contributed by atoms with Gasteiger partial charge in [0, 0.05) is 10.3 Å². The summed E-state index contributed by atoms with van der Waals surface area (Å²) in [6, 6.07) is 2.08. The number of halogens is 1. The molecule has 2 N–H and O–H groups in total. The van der Waals surface area contributed by atoms with Crippen molar-refractivity contribution in [3.8, 4) is 6.01 Å². The molecule has 0 radical (unpaired) electrons. The van der Waals surface area contributed by atoms with Crippen molar-refractivity contribution in [1.82, 2.24) is 9.97 Å². The molecule has 5 nitrogen and oxygen atoms in total. The average Bonchev–Trinajstić information content (AvgIpc) is 2.79. The molecule has 0 saturated heterocycles. The number of aliphatic hydroxyl groups is 2. The van der Waals surface area contributed by atoms with E-state index in [1.807, 2.05) is 6.07 Å². The fourth-order valence-electron chi connectivity index (χ4n) is 1.38. The van der Waals surface area contributed by atoms with Gasteiger partial charge in [-0.05, 0) is 12.5 Å². The molecule has 0 bridgehead atoms. The zero-order valence-corrected chi connectivity index (χ0v) is 11.3. The molecule has 2 rings (SSSR count). The maximum Gasteiger partial charge on any atom is 0.319 e. The molecule has 98 valence electrons. The van der Waals surface area contributed by atoms with Gasteiger partial charge in [0.05, 0.1) is 6.61 Å². The van der Waals surface area contributed by atoms with Gasteiger partial charge in [0.15, 0.2) is 0 Å². The maximum absolute atomic E-state index is 9.18. The number of aromatic nitrogens is 2. The summed E-state index contributed by atoms with van der Waals surface area (Å²) in [4.78, 5) is 10.2. The summed E-state index contributed by atoms with van der Waals surface area (Å²) in [5.41, 5.74) is 0. The molecule has 0 amide bonds. The normalized spacial score (nSPS) is 12.9. The van der Waals surface area contributed by atoms with Crippen molar-refractivity contribution in [3.05, 3.63) is 16.1 Å². The number of nitrogens with zero attached hydrogens (tertiary/aromatic N) is 2. The summed E-state index contributed by atoms with van der Waals surface area (Å²) in [6.45, 7) is 1.63. The van der Waals surface area contributed by atoms with Gasteiger partial charge in [0.2, 0.25) is 0 Å². The molecule has 7 heteroatoms. The van der Waals surface area contributed by atoms with Crippen LogP contribution >= 0.6 is 22.9 Å². The fourth-order valence-corrected chi connectivity index (χ4v) is 2.61. The molecule has 0 spiro atoms. The predicted molar refractivity (Wildman–Crippen MR) is 70.4 cm³/mol. The molecule has 0 aromatic carbocycles. The highest BCUT2D eigenvalue weighted by Gasteiger charge is 2.11. The summed E-state index contributed by atoms with van der Waals surface area (Å²) in [5, 5.41) is 19.0. The Morgan fingerprint density at radius 3 is 2.94 bits per heavy atom. The largest absolute Gasteiger partial charge is 0.461 e. The van der Waals surface area contributed by atoms with Crippen LogP contribution < -0.4 is 4.74 Å². The van der Waals surface area contributed by atoms with Crippen LogP contribution in [0.5, 0.6) is 6.01 Å². The molecule has 0 saturated carbocycles. The van der Waals surface area contributed by atoms with Crippen molar-refractivity contribution in [2.24, 2.45) is 0 Å². The van der Waals surface area contributed by atoms with E-state index in [-0.39, 0.29) is 19.2 Å². The highest BCUT2D eigenvalue weighted by molar-refractivity contribution is 7.18. The van der Waals surface area contributed by atoms with Crippen molar-refractivity contribution in [3.63, 3.8) is 0 Å². The average molecular weight is 289 g/mol. The Morgan fingerprint density at radius 1 is 1.50 bits per heavy atom. The first-order chi connectivity index (χ1) is 8.63. The van der Waals surface area contributed by atoms with Crippen LogP contribution in [0.3, 0.4) is 0 Å². The lowest BCUT2D eigenvalue weighted by Crippen LogP contribution is -2.21. The summed E-state index contributed by atoms with van der Waals surface area (Å²) in [5.74, 6) is 0. The number of hydrogen-bond acceptors (Lipinski definition) is 6. The van der Waals surface area contributed by atoms with E-state index < -0.39 is 6.10 Å². The molecule has 0 aliphatic rings. The molecule has 1 atom stereocenters. The second-order valence-corrected chi connectivity index (χ2v) is 5.20. The van der Waals surface area contributed by atoms with Gasteiger partial charge in [0.25, 0.3) is 0 Å². The summed E-state index contributed by atoms with van der Waals surface area (Å²) in [6.07, 6.45) is -0.0332. The number of rotatable bonds is 5. The Bertz CT molecular complexity index is 546. The SMILES string of the molecule is CCc1cc2c(Cl)nc(OCC(O)CO)nc2s1. The standard InChI is InChI=1S/C11H13ClN2O3S/c1-2-7-3-8-9(12)13-11(14-10(8)18-7)17-5-6(16)4-15/h3,6,15-16H,2,4-5H2,1H3. The van der Waals surface area contributed by atoms with Crippen LogP contribution in [0.2, 0.25) is 5.15 Å². The lowest BCUT2D eigenvalue weighted by molar-refractivity contribution is 0.0506. The Hall–Kier alpha value is -0.950. The summed E-state index contributed by atoms with van der Waals surface area (Å²) in [7, 11) is 0. The topological polar surface area (TPSA) is 75.5 Å². The van der Waals surface area contributed by atoms with Crippen molar-refractivity contribution < 1.29 is 14.9 Å². The second kappa shape index (κ2) is 5.79. The number of aliphatic hydroxyl groups excluding tert-OH is 2. The van der Waals surface area contributed by atoms with Crippen molar-refractivity contribution >= 4 is 33.2 Å². The number of ether oxygens (including phenoxy) is 1. The van der Waals surface area contributed by atoms with Gasteiger partial charge in [0.1, 0.15) is 22.7 Å². The fraction of sp³-hybridized carbons (Fsp3) is 0.455. The quantitative estimate of drug-likeness (QED) is 0.818. The van der Waals surface area contributed by atoms with E-state index in [1.54, 1.807) is 0 Å². The smallest absolute Gasteiger partial charge is 0.319 e. The van der Waals surface area contributed by atoms with Crippen LogP contribution in [-0.2, 0) is 6.42 Å². The van der Waals surface area contributed by atoms with Crippen LogP contribution in [0.25, 0.3) is 10.2 Å². The third kappa shape index (κ3) is 2.89. The molecule has 0 aliphatic carbocycles. The van der Waals surface area contributed by atoms with E-state index in [4.69, 9.17) is 21.4 Å². The number of fused-ring (bicyclic) bond motifs is 1. The van der Waals surface area contributed by atoms with E-state index in [0.29, 0.717) is 5.15 Å². The third-order valence-corrected chi connectivity index (χ3v) is 3.80. The van der Waals surface area contributed by atoms with E-state index in [9.17, 15) is 5.11 Å². The number of thiophene rings is 1. The predicted octanol–water partition coefficient (Wildman–Crippen LogP) is 1.64. The minimum atomic E-state index is -0.947. The van der Waals surface area contributed by atoms with Crippen molar-refractivity contribution in [2.75, 3.05) is 13.2 Å². The van der Waals surface area contributed by atoms with E-state index in [0.717, 1.165) is 16.6 Å². The first kappa shape index (κ1) is 13.5. The maximum atomic E-state index is 9.18. The molecule has 2 aromatic heterocycles. The zero-order chi connectivity index (χ0) is 13.1. The Morgan fingerprint density at radius 2 is 2.28 bits per heavy atom. The van der Waals surface area contributed by atoms with Gasteiger partial charge in [-0.2, -0.15) is 9.97 Å². The van der Waals surface area contributed by atoms with Crippen LogP contribution in [-0.4, -0.2) is 39.5 Å². The van der Waals surface area contributed by atoms with Crippen LogP contribution in [0.15, 0.2) is 6.07 Å². The Kier molecular flexibility index (Phi) is 4.34. The van der Waals surface area contributed by atoms with E-state index >= 15 is 0 Å². The molecule has 0 aliphatic heterocycles. The lowest BCUT2D eigenvalue weighted by atomic mass is 10.3. The molecule has 1 unspecified atom stereocenters. The van der Waals surface area contributed by atoms with Crippen molar-refractivity contribution in [1.29, 1.82) is 0 Å². The van der Waals surface area contributed by atoms with Crippen molar-refractivity contribution in [2.45, 2.75) is 19.4 Å². The van der Waals surface area contributed by atoms with Gasteiger partial charge in [-0.1, -0.05) is 18.5 Å². The van der Waals surface area contributed by atoms with Gasteiger partial charge >= 0.3 is 6.01 Å². The Balaban J connectivity index is 2.24. The number of aryl methyl sites for hydroxylation is 1. The molecule has 2 aromatic rings. The minimum Gasteiger partial charge on any atom is -0.461 e. The van der Waals surface area contributed by atoms with Crippen LogP contribution in [0.4, 0.5) is 0 Å². The monoisotopic (exact) mass is 288 g/mol. The van der Waals surface area contributed by atoms with Gasteiger partial charge < -0.3 is 14.9 Å². The first-order valence-electron chi connectivity index (χ1n) is 5.51. The van der Waals surface area contributed by atoms with Crippen LogP contribution in [0, 0.1) is 0 Å². The lowest BCUT2D eigenvalue weighted by Gasteiger charge is -2.08. The molecular weight excluding hydrogens is 276 g/mol. The van der Waals surface area contributed by atoms with E-state index in [2.05, 4.69) is 16.9 Å². The minimum absolute atomic E-state index is 0.0651. The van der Waals surface area contributed by atoms with Gasteiger partial charge in [-0.15, -0.1) is 11.3 Å². The first-order valence-corrected chi connectivity index (χ1v) is 6.71. The highest BCUT2D eigenvalue weighted by Crippen LogP contribution is 2.30. The molecule has 18 heavy (non-hydrogen) atoms. The molecular formula is C11H13ClN2O3S. The van der Waals surface area contributed by atoms with Gasteiger partial charge in [-0.25, -0.2) is 0 Å². The Labute approximate surface area is 113 Å².